The highest BCUT2D eigenvalue weighted by Gasteiger charge is 2.38. The largest absolute Gasteiger partial charge is 0.496 e. The van der Waals surface area contributed by atoms with Crippen LogP contribution < -0.4 is 10.5 Å². The summed E-state index contributed by atoms with van der Waals surface area (Å²) in [6.45, 7) is 0. The Kier molecular flexibility index (Phi) is 5.11. The number of ether oxygens (including phenoxy) is 2. The summed E-state index contributed by atoms with van der Waals surface area (Å²) < 4.78 is 10.3. The lowest BCUT2D eigenvalue weighted by molar-refractivity contribution is -0.141. The highest BCUT2D eigenvalue weighted by molar-refractivity contribution is 6.30. The summed E-state index contributed by atoms with van der Waals surface area (Å²) in [5.41, 5.74) is 7.44. The van der Waals surface area contributed by atoms with Crippen LogP contribution in [0.3, 0.4) is 0 Å². The molecule has 2 N–H and O–H groups in total. The molecule has 6 heteroatoms. The van der Waals surface area contributed by atoms with Crippen LogP contribution in [0.15, 0.2) is 54.6 Å². The fraction of sp³-hybridized carbons (Fsp3) is 0.200. The first kappa shape index (κ1) is 18.2. The van der Waals surface area contributed by atoms with E-state index < -0.39 is 11.5 Å². The molecule has 0 fully saturated rings. The number of benzene rings is 2. The number of carbonyl (C=O) groups excluding carboxylic acids is 1. The average molecular weight is 371 g/mol. The molecule has 0 spiro atoms. The van der Waals surface area contributed by atoms with Gasteiger partial charge in [0.2, 0.25) is 0 Å². The summed E-state index contributed by atoms with van der Waals surface area (Å²) in [6, 6.07) is 16.7. The zero-order chi connectivity index (χ0) is 18.7. The molecule has 0 saturated carbocycles. The predicted octanol–water partition coefficient (Wildman–Crippen LogP) is 3.66. The number of hydrogen-bond donors (Lipinski definition) is 1. The Balaban J connectivity index is 2.27. The monoisotopic (exact) mass is 370 g/mol. The lowest BCUT2D eigenvalue weighted by Gasteiger charge is -2.31. The summed E-state index contributed by atoms with van der Waals surface area (Å²) in [6.07, 6.45) is -0.108. The maximum absolute atomic E-state index is 12.1. The van der Waals surface area contributed by atoms with Crippen molar-refractivity contribution in [3.8, 4) is 5.75 Å². The molecule has 0 radical (unpaired) electrons. The summed E-state index contributed by atoms with van der Waals surface area (Å²) >= 11 is 6.48. The number of halogens is 1. The minimum atomic E-state index is -1.26. The van der Waals surface area contributed by atoms with Crippen molar-refractivity contribution in [3.63, 3.8) is 0 Å². The average Bonchev–Trinajstić information content (AvgIpc) is 2.67. The standard InChI is InChI=1S/C20H19ClN2O3/c1-25-17-10-6-4-8-14(17)20(22,12-18(24)26-2)15-11-13-7-3-5-9-16(13)23-19(15)21/h3-11H,12,22H2,1-2H3. The normalized spacial score (nSPS) is 13.2. The van der Waals surface area contributed by atoms with E-state index in [0.717, 1.165) is 10.9 Å². The van der Waals surface area contributed by atoms with Crippen molar-refractivity contribution in [2.75, 3.05) is 14.2 Å². The maximum atomic E-state index is 12.1. The molecule has 2 aromatic carbocycles. The van der Waals surface area contributed by atoms with E-state index in [1.54, 1.807) is 13.2 Å². The van der Waals surface area contributed by atoms with Gasteiger partial charge in [-0.2, -0.15) is 0 Å². The van der Waals surface area contributed by atoms with Gasteiger partial charge in [-0.05, 0) is 18.2 Å². The zero-order valence-electron chi connectivity index (χ0n) is 14.5. The molecule has 0 amide bonds. The van der Waals surface area contributed by atoms with Gasteiger partial charge >= 0.3 is 5.97 Å². The van der Waals surface area contributed by atoms with E-state index >= 15 is 0 Å². The van der Waals surface area contributed by atoms with Crippen LogP contribution in [0.5, 0.6) is 5.75 Å². The SMILES string of the molecule is COC(=O)CC(N)(c1ccccc1OC)c1cc2ccccc2nc1Cl. The molecule has 1 atom stereocenters. The maximum Gasteiger partial charge on any atom is 0.308 e. The van der Waals surface area contributed by atoms with Crippen LogP contribution in [0.4, 0.5) is 0 Å². The van der Waals surface area contributed by atoms with Gasteiger partial charge in [-0.1, -0.05) is 48.0 Å². The van der Waals surface area contributed by atoms with Crippen LogP contribution in [-0.4, -0.2) is 25.2 Å². The molecule has 5 nitrogen and oxygen atoms in total. The van der Waals surface area contributed by atoms with Crippen LogP contribution in [-0.2, 0) is 15.1 Å². The highest BCUT2D eigenvalue weighted by Crippen LogP contribution is 2.40. The Morgan fingerprint density at radius 3 is 2.54 bits per heavy atom. The number of rotatable bonds is 5. The molecule has 1 aromatic heterocycles. The summed E-state index contributed by atoms with van der Waals surface area (Å²) in [5.74, 6) is 0.103. The smallest absolute Gasteiger partial charge is 0.308 e. The number of fused-ring (bicyclic) bond motifs is 1. The number of carbonyl (C=O) groups is 1. The van der Waals surface area contributed by atoms with Gasteiger partial charge in [0.05, 0.1) is 31.7 Å². The Morgan fingerprint density at radius 1 is 1.12 bits per heavy atom. The first-order valence-corrected chi connectivity index (χ1v) is 8.42. The van der Waals surface area contributed by atoms with Crippen LogP contribution in [0.25, 0.3) is 10.9 Å². The van der Waals surface area contributed by atoms with Gasteiger partial charge in [0.25, 0.3) is 0 Å². The molecular weight excluding hydrogens is 352 g/mol. The van der Waals surface area contributed by atoms with Gasteiger partial charge in [0.15, 0.2) is 0 Å². The van der Waals surface area contributed by atoms with Gasteiger partial charge in [-0.3, -0.25) is 4.79 Å². The third kappa shape index (κ3) is 3.23. The summed E-state index contributed by atoms with van der Waals surface area (Å²) in [7, 11) is 2.88. The number of methoxy groups -OCH3 is 2. The van der Waals surface area contributed by atoms with Crippen molar-refractivity contribution >= 4 is 28.5 Å². The number of nitrogens with zero attached hydrogens (tertiary/aromatic N) is 1. The molecule has 1 unspecified atom stereocenters. The number of esters is 1. The molecule has 0 aliphatic heterocycles. The van der Waals surface area contributed by atoms with Crippen LogP contribution in [0.1, 0.15) is 17.5 Å². The van der Waals surface area contributed by atoms with E-state index in [1.807, 2.05) is 48.5 Å². The molecule has 1 heterocycles. The topological polar surface area (TPSA) is 74.4 Å². The molecule has 0 bridgehead atoms. The number of aromatic nitrogens is 1. The lowest BCUT2D eigenvalue weighted by atomic mass is 9.80. The van der Waals surface area contributed by atoms with Gasteiger partial charge in [0.1, 0.15) is 10.9 Å². The van der Waals surface area contributed by atoms with Crippen LogP contribution >= 0.6 is 11.6 Å². The lowest BCUT2D eigenvalue weighted by Crippen LogP contribution is -2.41. The number of hydrogen-bond acceptors (Lipinski definition) is 5. The van der Waals surface area contributed by atoms with Crippen LogP contribution in [0.2, 0.25) is 5.15 Å². The molecule has 3 aromatic rings. The molecule has 3 rings (SSSR count). The number of pyridine rings is 1. The first-order valence-electron chi connectivity index (χ1n) is 8.04. The Morgan fingerprint density at radius 2 is 1.81 bits per heavy atom. The second kappa shape index (κ2) is 7.32. The zero-order valence-corrected chi connectivity index (χ0v) is 15.3. The quantitative estimate of drug-likeness (QED) is 0.548. The van der Waals surface area contributed by atoms with Crippen molar-refractivity contribution in [2.45, 2.75) is 12.0 Å². The Hall–Kier alpha value is -2.63. The van der Waals surface area contributed by atoms with E-state index in [0.29, 0.717) is 16.9 Å². The molecule has 0 saturated heterocycles. The number of para-hydroxylation sites is 2. The first-order chi connectivity index (χ1) is 12.5. The summed E-state index contributed by atoms with van der Waals surface area (Å²) in [5, 5.41) is 1.11. The minimum Gasteiger partial charge on any atom is -0.496 e. The van der Waals surface area contributed by atoms with E-state index in [9.17, 15) is 4.79 Å². The van der Waals surface area contributed by atoms with Gasteiger partial charge in [0, 0.05) is 16.5 Å². The highest BCUT2D eigenvalue weighted by atomic mass is 35.5. The van der Waals surface area contributed by atoms with Gasteiger partial charge in [-0.15, -0.1) is 0 Å². The second-order valence-corrected chi connectivity index (χ2v) is 6.30. The Bertz CT molecular complexity index is 961. The van der Waals surface area contributed by atoms with E-state index in [2.05, 4.69) is 4.98 Å². The van der Waals surface area contributed by atoms with Crippen molar-refractivity contribution in [3.05, 3.63) is 70.9 Å². The van der Waals surface area contributed by atoms with E-state index in [1.165, 1.54) is 7.11 Å². The molecule has 26 heavy (non-hydrogen) atoms. The third-order valence-electron chi connectivity index (χ3n) is 4.40. The van der Waals surface area contributed by atoms with Crippen molar-refractivity contribution in [1.29, 1.82) is 0 Å². The van der Waals surface area contributed by atoms with E-state index in [-0.39, 0.29) is 11.6 Å². The Labute approximate surface area is 156 Å². The van der Waals surface area contributed by atoms with Gasteiger partial charge in [-0.25, -0.2) is 4.98 Å². The minimum absolute atomic E-state index is 0.108. The second-order valence-electron chi connectivity index (χ2n) is 5.94. The fourth-order valence-electron chi connectivity index (χ4n) is 3.05. The molecule has 0 aliphatic rings. The van der Waals surface area contributed by atoms with Crippen molar-refractivity contribution in [2.24, 2.45) is 5.73 Å². The van der Waals surface area contributed by atoms with Crippen molar-refractivity contribution < 1.29 is 14.3 Å². The summed E-state index contributed by atoms with van der Waals surface area (Å²) in [4.78, 5) is 16.6. The third-order valence-corrected chi connectivity index (χ3v) is 4.68. The molecule has 0 aliphatic carbocycles. The fourth-order valence-corrected chi connectivity index (χ4v) is 3.37. The predicted molar refractivity (Wildman–Crippen MR) is 101 cm³/mol. The van der Waals surface area contributed by atoms with Gasteiger partial charge < -0.3 is 15.2 Å². The molecule has 134 valence electrons. The number of nitrogens with two attached hydrogens (primary N) is 1. The van der Waals surface area contributed by atoms with Crippen LogP contribution in [0, 0.1) is 0 Å². The molecular formula is C20H19ClN2O3. The van der Waals surface area contributed by atoms with E-state index in [4.69, 9.17) is 26.8 Å². The van der Waals surface area contributed by atoms with Crippen molar-refractivity contribution in [1.82, 2.24) is 4.98 Å².